The third-order valence-corrected chi connectivity index (χ3v) is 4.86. The molecule has 0 unspecified atom stereocenters. The predicted octanol–water partition coefficient (Wildman–Crippen LogP) is 3.03. The van der Waals surface area contributed by atoms with Gasteiger partial charge in [0, 0.05) is 31.9 Å². The number of hydrogen-bond donors (Lipinski definition) is 0. The maximum absolute atomic E-state index is 12.3. The van der Waals surface area contributed by atoms with Gasteiger partial charge in [0.2, 0.25) is 0 Å². The standard InChI is InChI=1S/C20H29N3O2/c1-15(2)6-4-8-18-14-22(10-11-25-18)13-17-12-19(24)23-9-5-7-16(3)20(23)21-17/h5,7,9,12,15,18H,4,6,8,10-11,13-14H2,1-3H3/t18-/m0/s1. The number of aryl methyl sites for hydroxylation is 1. The Morgan fingerprint density at radius 2 is 2.24 bits per heavy atom. The molecule has 2 aromatic heterocycles. The van der Waals surface area contributed by atoms with E-state index >= 15 is 0 Å². The van der Waals surface area contributed by atoms with Crippen molar-refractivity contribution >= 4 is 5.65 Å². The van der Waals surface area contributed by atoms with Crippen LogP contribution in [0.1, 0.15) is 44.4 Å². The molecular weight excluding hydrogens is 314 g/mol. The number of nitrogens with zero attached hydrogens (tertiary/aromatic N) is 3. The van der Waals surface area contributed by atoms with Gasteiger partial charge in [0.1, 0.15) is 5.65 Å². The van der Waals surface area contributed by atoms with E-state index in [1.54, 1.807) is 16.7 Å². The summed E-state index contributed by atoms with van der Waals surface area (Å²) >= 11 is 0. The van der Waals surface area contributed by atoms with Crippen molar-refractivity contribution < 1.29 is 4.74 Å². The van der Waals surface area contributed by atoms with Crippen LogP contribution in [-0.4, -0.2) is 40.1 Å². The summed E-state index contributed by atoms with van der Waals surface area (Å²) in [5.41, 5.74) is 2.62. The van der Waals surface area contributed by atoms with Gasteiger partial charge in [0.05, 0.1) is 18.4 Å². The molecule has 25 heavy (non-hydrogen) atoms. The highest BCUT2D eigenvalue weighted by molar-refractivity contribution is 5.46. The lowest BCUT2D eigenvalue weighted by Gasteiger charge is -2.32. The summed E-state index contributed by atoms with van der Waals surface area (Å²) in [6.07, 6.45) is 5.66. The molecule has 0 aromatic carbocycles. The molecule has 1 saturated heterocycles. The van der Waals surface area contributed by atoms with Crippen LogP contribution in [0.15, 0.2) is 29.2 Å². The Bertz CT molecular complexity index is 769. The van der Waals surface area contributed by atoms with E-state index in [2.05, 4.69) is 18.7 Å². The first-order chi connectivity index (χ1) is 12.0. The third kappa shape index (κ3) is 4.67. The van der Waals surface area contributed by atoms with Gasteiger partial charge in [0.15, 0.2) is 0 Å². The number of hydrogen-bond acceptors (Lipinski definition) is 4. The van der Waals surface area contributed by atoms with Crippen molar-refractivity contribution in [3.05, 3.63) is 46.0 Å². The molecule has 5 heteroatoms. The van der Waals surface area contributed by atoms with Crippen molar-refractivity contribution in [3.8, 4) is 0 Å². The van der Waals surface area contributed by atoms with Gasteiger partial charge in [-0.2, -0.15) is 0 Å². The van der Waals surface area contributed by atoms with Crippen molar-refractivity contribution in [1.29, 1.82) is 0 Å². The number of aromatic nitrogens is 2. The van der Waals surface area contributed by atoms with Gasteiger partial charge in [-0.3, -0.25) is 14.1 Å². The Labute approximate surface area is 149 Å². The summed E-state index contributed by atoms with van der Waals surface area (Å²) in [6.45, 7) is 9.81. The SMILES string of the molecule is Cc1cccn2c(=O)cc(CN3CCO[C@@H](CCCC(C)C)C3)nc12. The average molecular weight is 343 g/mol. The fraction of sp³-hybridized carbons (Fsp3) is 0.600. The summed E-state index contributed by atoms with van der Waals surface area (Å²) in [7, 11) is 0. The molecule has 5 nitrogen and oxygen atoms in total. The molecule has 1 atom stereocenters. The van der Waals surface area contributed by atoms with E-state index in [1.165, 1.54) is 12.8 Å². The van der Waals surface area contributed by atoms with Gasteiger partial charge in [-0.25, -0.2) is 4.98 Å². The Kier molecular flexibility index (Phi) is 5.86. The van der Waals surface area contributed by atoms with Crippen molar-refractivity contribution in [2.75, 3.05) is 19.7 Å². The van der Waals surface area contributed by atoms with Crippen LogP contribution in [0.5, 0.6) is 0 Å². The number of ether oxygens (including phenoxy) is 1. The maximum atomic E-state index is 12.3. The van der Waals surface area contributed by atoms with E-state index in [9.17, 15) is 4.79 Å². The van der Waals surface area contributed by atoms with Crippen LogP contribution in [0.3, 0.4) is 0 Å². The lowest BCUT2D eigenvalue weighted by atomic mass is 10.0. The minimum Gasteiger partial charge on any atom is -0.376 e. The maximum Gasteiger partial charge on any atom is 0.258 e. The van der Waals surface area contributed by atoms with Crippen molar-refractivity contribution in [3.63, 3.8) is 0 Å². The second-order valence-electron chi connectivity index (χ2n) is 7.52. The molecular formula is C20H29N3O2. The summed E-state index contributed by atoms with van der Waals surface area (Å²) in [4.78, 5) is 19.4. The highest BCUT2D eigenvalue weighted by Gasteiger charge is 2.21. The van der Waals surface area contributed by atoms with Crippen LogP contribution in [0.2, 0.25) is 0 Å². The van der Waals surface area contributed by atoms with Crippen LogP contribution in [0, 0.1) is 12.8 Å². The lowest BCUT2D eigenvalue weighted by molar-refractivity contribution is -0.0363. The second-order valence-corrected chi connectivity index (χ2v) is 7.52. The first-order valence-corrected chi connectivity index (χ1v) is 9.35. The van der Waals surface area contributed by atoms with E-state index < -0.39 is 0 Å². The topological polar surface area (TPSA) is 46.8 Å². The molecule has 0 aliphatic carbocycles. The van der Waals surface area contributed by atoms with Gasteiger partial charge in [-0.1, -0.05) is 32.8 Å². The lowest BCUT2D eigenvalue weighted by Crippen LogP contribution is -2.42. The molecule has 0 amide bonds. The van der Waals surface area contributed by atoms with Crippen molar-refractivity contribution in [1.82, 2.24) is 14.3 Å². The van der Waals surface area contributed by atoms with Gasteiger partial charge in [-0.05, 0) is 30.9 Å². The van der Waals surface area contributed by atoms with Crippen LogP contribution >= 0.6 is 0 Å². The third-order valence-electron chi connectivity index (χ3n) is 4.86. The molecule has 0 spiro atoms. The molecule has 2 aromatic rings. The highest BCUT2D eigenvalue weighted by atomic mass is 16.5. The Balaban J connectivity index is 1.66. The van der Waals surface area contributed by atoms with Crippen LogP contribution in [0.25, 0.3) is 5.65 Å². The van der Waals surface area contributed by atoms with Gasteiger partial charge in [0.25, 0.3) is 5.56 Å². The zero-order valence-electron chi connectivity index (χ0n) is 15.6. The summed E-state index contributed by atoms with van der Waals surface area (Å²) in [5, 5.41) is 0. The molecule has 136 valence electrons. The molecule has 1 aliphatic rings. The second kappa shape index (κ2) is 8.11. The fourth-order valence-electron chi connectivity index (χ4n) is 3.47. The van der Waals surface area contributed by atoms with Gasteiger partial charge >= 0.3 is 0 Å². The average Bonchev–Trinajstić information content (AvgIpc) is 2.56. The molecule has 3 rings (SSSR count). The Hall–Kier alpha value is -1.72. The predicted molar refractivity (Wildman–Crippen MR) is 99.9 cm³/mol. The number of rotatable bonds is 6. The highest BCUT2D eigenvalue weighted by Crippen LogP contribution is 2.16. The first-order valence-electron chi connectivity index (χ1n) is 9.35. The summed E-state index contributed by atoms with van der Waals surface area (Å²) in [5.74, 6) is 0.748. The zero-order valence-corrected chi connectivity index (χ0v) is 15.6. The normalized spacial score (nSPS) is 19.0. The summed E-state index contributed by atoms with van der Waals surface area (Å²) in [6, 6.07) is 5.54. The fourth-order valence-corrected chi connectivity index (χ4v) is 3.47. The molecule has 0 bridgehead atoms. The van der Waals surface area contributed by atoms with E-state index in [-0.39, 0.29) is 5.56 Å². The van der Waals surface area contributed by atoms with E-state index in [0.717, 1.165) is 48.9 Å². The zero-order chi connectivity index (χ0) is 17.8. The molecule has 1 aliphatic heterocycles. The van der Waals surface area contributed by atoms with Gasteiger partial charge < -0.3 is 4.74 Å². The smallest absolute Gasteiger partial charge is 0.258 e. The minimum absolute atomic E-state index is 0.00885. The van der Waals surface area contributed by atoms with E-state index in [0.29, 0.717) is 12.6 Å². The molecule has 1 fully saturated rings. The van der Waals surface area contributed by atoms with Gasteiger partial charge in [-0.15, -0.1) is 0 Å². The molecule has 0 saturated carbocycles. The van der Waals surface area contributed by atoms with E-state index in [1.807, 2.05) is 19.1 Å². The van der Waals surface area contributed by atoms with E-state index in [4.69, 9.17) is 9.72 Å². The number of morpholine rings is 1. The monoisotopic (exact) mass is 343 g/mol. The molecule has 0 N–H and O–H groups in total. The Morgan fingerprint density at radius 3 is 3.04 bits per heavy atom. The molecule has 0 radical (unpaired) electrons. The van der Waals surface area contributed by atoms with Crippen molar-refractivity contribution in [2.24, 2.45) is 5.92 Å². The van der Waals surface area contributed by atoms with Crippen LogP contribution < -0.4 is 5.56 Å². The number of fused-ring (bicyclic) bond motifs is 1. The quantitative estimate of drug-likeness (QED) is 0.809. The largest absolute Gasteiger partial charge is 0.376 e. The first kappa shape index (κ1) is 18.1. The number of pyridine rings is 1. The molecule has 3 heterocycles. The van der Waals surface area contributed by atoms with Crippen molar-refractivity contribution in [2.45, 2.75) is 52.7 Å². The Morgan fingerprint density at radius 1 is 1.40 bits per heavy atom. The van der Waals surface area contributed by atoms with Crippen LogP contribution in [0.4, 0.5) is 0 Å². The summed E-state index contributed by atoms with van der Waals surface area (Å²) < 4.78 is 7.53. The minimum atomic E-state index is -0.00885. The van der Waals surface area contributed by atoms with Crippen LogP contribution in [-0.2, 0) is 11.3 Å².